The molecule has 3 rings (SSSR count). The third-order valence-corrected chi connectivity index (χ3v) is 8.17. The van der Waals surface area contributed by atoms with Gasteiger partial charge < -0.3 is 10.2 Å². The van der Waals surface area contributed by atoms with Crippen molar-refractivity contribution in [2.75, 3.05) is 25.5 Å². The Morgan fingerprint density at radius 1 is 1.28 bits per heavy atom. The molecule has 0 spiro atoms. The molecule has 0 aromatic heterocycles. The highest BCUT2D eigenvalue weighted by Crippen LogP contribution is 2.41. The summed E-state index contributed by atoms with van der Waals surface area (Å²) in [7, 11) is -0.754. The predicted molar refractivity (Wildman–Crippen MR) is 112 cm³/mol. The molecule has 29 heavy (non-hydrogen) atoms. The van der Waals surface area contributed by atoms with Crippen molar-refractivity contribution >= 4 is 27.5 Å². The molecule has 0 bridgehead atoms. The molecule has 7 nitrogen and oxygen atoms in total. The van der Waals surface area contributed by atoms with E-state index in [1.165, 1.54) is 19.5 Å². The second kappa shape index (κ2) is 7.72. The van der Waals surface area contributed by atoms with Gasteiger partial charge in [0.05, 0.1) is 16.9 Å². The van der Waals surface area contributed by atoms with E-state index in [0.29, 0.717) is 17.2 Å². The van der Waals surface area contributed by atoms with Crippen LogP contribution in [-0.2, 0) is 25.0 Å². The minimum Gasteiger partial charge on any atom is -0.352 e. The van der Waals surface area contributed by atoms with Gasteiger partial charge in [-0.25, -0.2) is 8.42 Å². The van der Waals surface area contributed by atoms with E-state index in [0.717, 1.165) is 23.6 Å². The maximum Gasteiger partial charge on any atom is 0.243 e. The Bertz CT molecular complexity index is 926. The molecule has 1 heterocycles. The van der Waals surface area contributed by atoms with Crippen molar-refractivity contribution in [1.82, 2.24) is 9.62 Å². The van der Waals surface area contributed by atoms with E-state index < -0.39 is 15.4 Å². The first-order valence-electron chi connectivity index (χ1n) is 10.1. The quantitative estimate of drug-likeness (QED) is 0.790. The summed E-state index contributed by atoms with van der Waals surface area (Å²) in [5.41, 5.74) is 0.605. The average molecular weight is 422 g/mol. The summed E-state index contributed by atoms with van der Waals surface area (Å²) >= 11 is 0. The monoisotopic (exact) mass is 421 g/mol. The lowest BCUT2D eigenvalue weighted by Gasteiger charge is -2.30. The molecule has 2 atom stereocenters. The van der Waals surface area contributed by atoms with Gasteiger partial charge in [-0.2, -0.15) is 4.31 Å². The van der Waals surface area contributed by atoms with Crippen molar-refractivity contribution in [3.05, 3.63) is 23.8 Å². The van der Waals surface area contributed by atoms with Crippen LogP contribution in [0.2, 0.25) is 0 Å². The van der Waals surface area contributed by atoms with Gasteiger partial charge >= 0.3 is 0 Å². The standard InChI is InChI=1S/C21H31N3O4S/c1-14-8-6-7-9-17(14)22-19(25)13-23(4)29(27,28)15-10-11-18-16(12-15)21(2,3)20(26)24(18)5/h10-12,14,17H,6-9,13H2,1-5H3,(H,22,25). The van der Waals surface area contributed by atoms with Crippen molar-refractivity contribution in [3.63, 3.8) is 0 Å². The number of amides is 2. The number of hydrogen-bond donors (Lipinski definition) is 1. The molecule has 2 aliphatic rings. The zero-order valence-corrected chi connectivity index (χ0v) is 18.7. The number of hydrogen-bond acceptors (Lipinski definition) is 4. The molecule has 160 valence electrons. The fraction of sp³-hybridized carbons (Fsp3) is 0.619. The lowest BCUT2D eigenvalue weighted by atomic mass is 9.86. The van der Waals surface area contributed by atoms with E-state index in [2.05, 4.69) is 12.2 Å². The fourth-order valence-corrected chi connectivity index (χ4v) is 5.52. The number of carbonyl (C=O) groups excluding carboxylic acids is 2. The molecule has 2 amide bonds. The summed E-state index contributed by atoms with van der Waals surface area (Å²) in [6.45, 7) is 5.47. The Morgan fingerprint density at radius 2 is 1.93 bits per heavy atom. The number of fused-ring (bicyclic) bond motifs is 1. The van der Waals surface area contributed by atoms with Crippen LogP contribution in [0.15, 0.2) is 23.1 Å². The molecule has 1 fully saturated rings. The van der Waals surface area contributed by atoms with Crippen molar-refractivity contribution < 1.29 is 18.0 Å². The molecule has 0 radical (unpaired) electrons. The first kappa shape index (κ1) is 21.8. The molecule has 1 N–H and O–H groups in total. The Labute approximate surface area is 173 Å². The molecule has 1 aromatic rings. The van der Waals surface area contributed by atoms with Crippen LogP contribution in [0.5, 0.6) is 0 Å². The van der Waals surface area contributed by atoms with E-state index in [-0.39, 0.29) is 29.3 Å². The van der Waals surface area contributed by atoms with Gasteiger partial charge in [0.15, 0.2) is 0 Å². The van der Waals surface area contributed by atoms with E-state index >= 15 is 0 Å². The van der Waals surface area contributed by atoms with Gasteiger partial charge in [-0.05, 0) is 56.4 Å². The van der Waals surface area contributed by atoms with Gasteiger partial charge in [-0.15, -0.1) is 0 Å². The van der Waals surface area contributed by atoms with Crippen molar-refractivity contribution in [1.29, 1.82) is 0 Å². The number of sulfonamides is 1. The number of nitrogens with one attached hydrogen (secondary N) is 1. The van der Waals surface area contributed by atoms with Crippen LogP contribution >= 0.6 is 0 Å². The Balaban J connectivity index is 1.76. The molecule has 1 aromatic carbocycles. The van der Waals surface area contributed by atoms with E-state index in [9.17, 15) is 18.0 Å². The van der Waals surface area contributed by atoms with Gasteiger partial charge in [0.25, 0.3) is 0 Å². The van der Waals surface area contributed by atoms with E-state index in [4.69, 9.17) is 0 Å². The maximum absolute atomic E-state index is 13.0. The maximum atomic E-state index is 13.0. The highest BCUT2D eigenvalue weighted by molar-refractivity contribution is 7.89. The lowest BCUT2D eigenvalue weighted by molar-refractivity contribution is -0.122. The third kappa shape index (κ3) is 3.92. The number of likely N-dealkylation sites (N-methyl/N-ethyl adjacent to an activating group) is 2. The summed E-state index contributed by atoms with van der Waals surface area (Å²) in [5, 5.41) is 2.99. The molecule has 1 aliphatic heterocycles. The van der Waals surface area contributed by atoms with Crippen LogP contribution in [0.4, 0.5) is 5.69 Å². The highest BCUT2D eigenvalue weighted by Gasteiger charge is 2.43. The first-order valence-corrected chi connectivity index (χ1v) is 11.6. The second-order valence-corrected chi connectivity index (χ2v) is 10.9. The van der Waals surface area contributed by atoms with Gasteiger partial charge in [0.2, 0.25) is 21.8 Å². The normalized spacial score (nSPS) is 23.9. The second-order valence-electron chi connectivity index (χ2n) is 8.86. The molecule has 1 aliphatic carbocycles. The number of benzene rings is 1. The molecule has 2 unspecified atom stereocenters. The van der Waals surface area contributed by atoms with Crippen LogP contribution < -0.4 is 10.2 Å². The van der Waals surface area contributed by atoms with Gasteiger partial charge in [-0.1, -0.05) is 19.8 Å². The fourth-order valence-electron chi connectivity index (χ4n) is 4.36. The Kier molecular flexibility index (Phi) is 5.80. The molecule has 1 saturated carbocycles. The summed E-state index contributed by atoms with van der Waals surface area (Å²) in [6, 6.07) is 4.82. The zero-order valence-electron chi connectivity index (χ0n) is 17.9. The summed E-state index contributed by atoms with van der Waals surface area (Å²) in [6.07, 6.45) is 4.28. The third-order valence-electron chi connectivity index (χ3n) is 6.37. The highest BCUT2D eigenvalue weighted by atomic mass is 32.2. The average Bonchev–Trinajstić information content (AvgIpc) is 2.83. The van der Waals surface area contributed by atoms with Crippen molar-refractivity contribution in [2.45, 2.75) is 62.8 Å². The summed E-state index contributed by atoms with van der Waals surface area (Å²) in [5.74, 6) is 0.0469. The molecular weight excluding hydrogens is 390 g/mol. The summed E-state index contributed by atoms with van der Waals surface area (Å²) < 4.78 is 27.2. The minimum atomic E-state index is -3.85. The van der Waals surface area contributed by atoms with E-state index in [1.807, 2.05) is 0 Å². The largest absolute Gasteiger partial charge is 0.352 e. The lowest BCUT2D eigenvalue weighted by Crippen LogP contribution is -2.46. The van der Waals surface area contributed by atoms with E-state index in [1.54, 1.807) is 37.9 Å². The van der Waals surface area contributed by atoms with Crippen molar-refractivity contribution in [3.8, 4) is 0 Å². The van der Waals surface area contributed by atoms with Crippen LogP contribution in [-0.4, -0.2) is 51.2 Å². The number of anilines is 1. The minimum absolute atomic E-state index is 0.0728. The first-order chi connectivity index (χ1) is 13.5. The van der Waals surface area contributed by atoms with Gasteiger partial charge in [-0.3, -0.25) is 9.59 Å². The topological polar surface area (TPSA) is 86.8 Å². The van der Waals surface area contributed by atoms with Crippen LogP contribution in [0, 0.1) is 5.92 Å². The number of nitrogens with zero attached hydrogens (tertiary/aromatic N) is 2. The molecule has 8 heteroatoms. The van der Waals surface area contributed by atoms with Crippen LogP contribution in [0.1, 0.15) is 52.0 Å². The zero-order chi connectivity index (χ0) is 21.6. The number of rotatable bonds is 5. The molecular formula is C21H31N3O4S. The van der Waals surface area contributed by atoms with Crippen molar-refractivity contribution in [2.24, 2.45) is 5.92 Å². The Morgan fingerprint density at radius 3 is 2.59 bits per heavy atom. The number of carbonyl (C=O) groups is 2. The SMILES string of the molecule is CC1CCCCC1NC(=O)CN(C)S(=O)(=O)c1ccc2c(c1)C(C)(C)C(=O)N2C. The van der Waals surface area contributed by atoms with Crippen LogP contribution in [0.3, 0.4) is 0 Å². The van der Waals surface area contributed by atoms with Gasteiger partial charge in [0, 0.05) is 25.8 Å². The Hall–Kier alpha value is -1.93. The predicted octanol–water partition coefficient (Wildman–Crippen LogP) is 2.26. The molecule has 0 saturated heterocycles. The summed E-state index contributed by atoms with van der Waals surface area (Å²) in [4.78, 5) is 26.5. The van der Waals surface area contributed by atoms with Gasteiger partial charge in [0.1, 0.15) is 0 Å². The van der Waals surface area contributed by atoms with Crippen LogP contribution in [0.25, 0.3) is 0 Å². The smallest absolute Gasteiger partial charge is 0.243 e.